The minimum atomic E-state index is -1.21. The van der Waals surface area contributed by atoms with Gasteiger partial charge in [-0.1, -0.05) is 11.6 Å². The summed E-state index contributed by atoms with van der Waals surface area (Å²) in [7, 11) is 1.58. The predicted octanol–water partition coefficient (Wildman–Crippen LogP) is 5.29. The number of carbonyl (C=O) groups is 1. The van der Waals surface area contributed by atoms with Crippen molar-refractivity contribution in [2.45, 2.75) is 18.7 Å². The van der Waals surface area contributed by atoms with E-state index in [1.807, 2.05) is 6.92 Å². The van der Waals surface area contributed by atoms with Crippen LogP contribution in [0.4, 0.5) is 15.8 Å². The Kier molecular flexibility index (Phi) is 5.58. The summed E-state index contributed by atoms with van der Waals surface area (Å²) in [6.07, 6.45) is 0. The summed E-state index contributed by atoms with van der Waals surface area (Å²) in [5, 5.41) is 7.16. The molecule has 0 aliphatic carbocycles. The van der Waals surface area contributed by atoms with Gasteiger partial charge >= 0.3 is 0 Å². The van der Waals surface area contributed by atoms with E-state index < -0.39 is 17.7 Å². The number of nitrogens with one attached hydrogen (secondary N) is 2. The molecule has 2 heterocycles. The van der Waals surface area contributed by atoms with Gasteiger partial charge in [-0.25, -0.2) is 4.39 Å². The Hall–Kier alpha value is -3.36. The highest BCUT2D eigenvalue weighted by molar-refractivity contribution is 7.80. The molecule has 0 unspecified atom stereocenters. The van der Waals surface area contributed by atoms with E-state index in [1.165, 1.54) is 12.1 Å². The number of thiocarbonyl (C=S) groups is 1. The highest BCUT2D eigenvalue weighted by Crippen LogP contribution is 2.50. The fourth-order valence-corrected chi connectivity index (χ4v) is 5.22. The molecule has 9 heteroatoms. The Morgan fingerprint density at radius 2 is 1.88 bits per heavy atom. The molecule has 6 nitrogen and oxygen atoms in total. The van der Waals surface area contributed by atoms with E-state index in [2.05, 4.69) is 10.6 Å². The third kappa shape index (κ3) is 3.73. The lowest BCUT2D eigenvalue weighted by Crippen LogP contribution is -2.72. The van der Waals surface area contributed by atoms with Crippen molar-refractivity contribution < 1.29 is 18.7 Å². The predicted molar refractivity (Wildman–Crippen MR) is 133 cm³/mol. The van der Waals surface area contributed by atoms with Gasteiger partial charge in [0, 0.05) is 22.0 Å². The Morgan fingerprint density at radius 1 is 1.18 bits per heavy atom. The molecule has 34 heavy (non-hydrogen) atoms. The molecule has 0 radical (unpaired) electrons. The number of fused-ring (bicyclic) bond motifs is 4. The molecule has 1 amide bonds. The van der Waals surface area contributed by atoms with Crippen LogP contribution in [0.1, 0.15) is 18.5 Å². The number of halogens is 2. The summed E-state index contributed by atoms with van der Waals surface area (Å²) in [5.41, 5.74) is 0.739. The maximum absolute atomic E-state index is 13.7. The number of carbonyl (C=O) groups excluding carboxylic acids is 1. The first-order valence-electron chi connectivity index (χ1n) is 10.6. The number of rotatable bonds is 4. The second-order valence-corrected chi connectivity index (χ2v) is 9.10. The van der Waals surface area contributed by atoms with Gasteiger partial charge in [-0.15, -0.1) is 0 Å². The van der Waals surface area contributed by atoms with Gasteiger partial charge in [0.2, 0.25) is 5.91 Å². The van der Waals surface area contributed by atoms with Crippen molar-refractivity contribution in [1.82, 2.24) is 5.32 Å². The summed E-state index contributed by atoms with van der Waals surface area (Å²) < 4.78 is 25.3. The molecular weight excluding hydrogens is 477 g/mol. The van der Waals surface area contributed by atoms with Crippen LogP contribution in [0.2, 0.25) is 5.02 Å². The van der Waals surface area contributed by atoms with Gasteiger partial charge < -0.3 is 20.1 Å². The standard InChI is InChI=1S/C25H21ClFN3O3S/c1-25-21(23(31)28-16-6-10-18(32-2)11-7-16)22(19-13-14(26)3-12-20(19)33-25)29-24(34)30(25)17-8-4-15(27)5-9-17/h3-13,21-22H,1-2H3,(H,28,31)(H,29,34)/t21-,22-,25-/m0/s1. The van der Waals surface area contributed by atoms with Gasteiger partial charge in [0.25, 0.3) is 0 Å². The molecule has 0 spiro atoms. The van der Waals surface area contributed by atoms with Crippen LogP contribution in [-0.2, 0) is 4.79 Å². The monoisotopic (exact) mass is 497 g/mol. The van der Waals surface area contributed by atoms with Crippen molar-refractivity contribution in [2.24, 2.45) is 5.92 Å². The van der Waals surface area contributed by atoms with Crippen molar-refractivity contribution in [1.29, 1.82) is 0 Å². The van der Waals surface area contributed by atoms with Gasteiger partial charge in [0.15, 0.2) is 10.8 Å². The van der Waals surface area contributed by atoms with E-state index in [0.29, 0.717) is 33.0 Å². The molecule has 5 rings (SSSR count). The van der Waals surface area contributed by atoms with Crippen LogP contribution in [0.3, 0.4) is 0 Å². The normalized spacial score (nSPS) is 22.8. The zero-order valence-corrected chi connectivity index (χ0v) is 19.9. The minimum Gasteiger partial charge on any atom is -0.497 e. The third-order valence-corrected chi connectivity index (χ3v) is 6.72. The van der Waals surface area contributed by atoms with Crippen molar-refractivity contribution >= 4 is 46.2 Å². The van der Waals surface area contributed by atoms with Crippen molar-refractivity contribution in [2.75, 3.05) is 17.3 Å². The molecule has 1 saturated heterocycles. The van der Waals surface area contributed by atoms with Gasteiger partial charge in [0.05, 0.1) is 13.2 Å². The Bertz CT molecular complexity index is 1270. The number of ether oxygens (including phenoxy) is 2. The first-order valence-corrected chi connectivity index (χ1v) is 11.4. The number of methoxy groups -OCH3 is 1. The lowest BCUT2D eigenvalue weighted by molar-refractivity contribution is -0.130. The van der Waals surface area contributed by atoms with Crippen LogP contribution in [0, 0.1) is 11.7 Å². The topological polar surface area (TPSA) is 62.8 Å². The number of nitrogens with zero attached hydrogens (tertiary/aromatic N) is 1. The smallest absolute Gasteiger partial charge is 0.236 e. The first kappa shape index (κ1) is 22.4. The summed E-state index contributed by atoms with van der Waals surface area (Å²) >= 11 is 12.0. The highest BCUT2D eigenvalue weighted by Gasteiger charge is 2.59. The van der Waals surface area contributed by atoms with E-state index in [4.69, 9.17) is 33.3 Å². The molecule has 174 valence electrons. The zero-order valence-electron chi connectivity index (χ0n) is 18.3. The summed E-state index contributed by atoms with van der Waals surface area (Å²) in [4.78, 5) is 15.5. The SMILES string of the molecule is COc1ccc(NC(=O)[C@@H]2[C@H]3NC(=S)N(c4ccc(F)cc4)[C@@]2(C)Oc2ccc(Cl)cc23)cc1. The molecule has 2 bridgehead atoms. The van der Waals surface area contributed by atoms with Gasteiger partial charge in [-0.3, -0.25) is 9.69 Å². The van der Waals surface area contributed by atoms with Crippen LogP contribution in [-0.4, -0.2) is 23.9 Å². The second-order valence-electron chi connectivity index (χ2n) is 8.27. The lowest BCUT2D eigenvalue weighted by atomic mass is 9.78. The van der Waals surface area contributed by atoms with E-state index in [-0.39, 0.29) is 11.7 Å². The molecule has 3 aromatic rings. The molecule has 0 aromatic heterocycles. The van der Waals surface area contributed by atoms with Crippen molar-refractivity contribution in [3.63, 3.8) is 0 Å². The minimum absolute atomic E-state index is 0.273. The molecule has 3 atom stereocenters. The molecule has 2 aliphatic heterocycles. The molecule has 2 N–H and O–H groups in total. The number of amides is 1. The van der Waals surface area contributed by atoms with Gasteiger partial charge in [-0.05, 0) is 85.9 Å². The van der Waals surface area contributed by atoms with E-state index in [0.717, 1.165) is 5.56 Å². The molecular formula is C25H21ClFN3O3S. The molecule has 3 aromatic carbocycles. The van der Waals surface area contributed by atoms with Gasteiger partial charge in [0.1, 0.15) is 23.2 Å². The highest BCUT2D eigenvalue weighted by atomic mass is 35.5. The summed E-state index contributed by atoms with van der Waals surface area (Å²) in [6, 6.07) is 17.8. The zero-order chi connectivity index (χ0) is 24.0. The van der Waals surface area contributed by atoms with E-state index in [1.54, 1.807) is 66.6 Å². The number of hydrogen-bond acceptors (Lipinski definition) is 4. The fourth-order valence-electron chi connectivity index (χ4n) is 4.63. The van der Waals surface area contributed by atoms with E-state index in [9.17, 15) is 9.18 Å². The Labute approximate surface area is 206 Å². The average molecular weight is 498 g/mol. The lowest BCUT2D eigenvalue weighted by Gasteiger charge is -2.56. The van der Waals surface area contributed by atoms with Crippen LogP contribution in [0.25, 0.3) is 0 Å². The Balaban J connectivity index is 1.59. The third-order valence-electron chi connectivity index (χ3n) is 6.18. The van der Waals surface area contributed by atoms with Crippen molar-refractivity contribution in [3.05, 3.63) is 83.1 Å². The molecule has 2 aliphatic rings. The number of anilines is 2. The van der Waals surface area contributed by atoms with Crippen LogP contribution in [0.15, 0.2) is 66.7 Å². The Morgan fingerprint density at radius 3 is 2.56 bits per heavy atom. The average Bonchev–Trinajstić information content (AvgIpc) is 2.81. The van der Waals surface area contributed by atoms with Crippen LogP contribution in [0.5, 0.6) is 11.5 Å². The molecule has 0 saturated carbocycles. The number of benzene rings is 3. The van der Waals surface area contributed by atoms with E-state index >= 15 is 0 Å². The first-order chi connectivity index (χ1) is 16.3. The number of hydrogen-bond donors (Lipinski definition) is 2. The maximum atomic E-state index is 13.7. The maximum Gasteiger partial charge on any atom is 0.236 e. The largest absolute Gasteiger partial charge is 0.497 e. The van der Waals surface area contributed by atoms with Crippen molar-refractivity contribution in [3.8, 4) is 11.5 Å². The summed E-state index contributed by atoms with van der Waals surface area (Å²) in [5.74, 6) is -0.114. The second kappa shape index (κ2) is 8.45. The fraction of sp³-hybridized carbons (Fsp3) is 0.200. The van der Waals surface area contributed by atoms with Gasteiger partial charge in [-0.2, -0.15) is 0 Å². The molecule has 1 fully saturated rings. The van der Waals surface area contributed by atoms with Crippen LogP contribution >= 0.6 is 23.8 Å². The van der Waals surface area contributed by atoms with Crippen LogP contribution < -0.4 is 25.0 Å². The quantitative estimate of drug-likeness (QED) is 0.478. The summed E-state index contributed by atoms with van der Waals surface area (Å²) in [6.45, 7) is 1.81.